The van der Waals surface area contributed by atoms with Gasteiger partial charge in [0.25, 0.3) is 11.8 Å². The summed E-state index contributed by atoms with van der Waals surface area (Å²) < 4.78 is 7.64. The second kappa shape index (κ2) is 25.7. The summed E-state index contributed by atoms with van der Waals surface area (Å²) in [5.74, 6) is 1.29. The number of nitrogens with one attached hydrogen (secondary N) is 3. The van der Waals surface area contributed by atoms with Crippen LogP contribution in [0.3, 0.4) is 0 Å². The Labute approximate surface area is 477 Å². The van der Waals surface area contributed by atoms with Gasteiger partial charge in [0.2, 0.25) is 0 Å². The van der Waals surface area contributed by atoms with Gasteiger partial charge in [0.15, 0.2) is 0 Å². The number of thiophene rings is 2. The van der Waals surface area contributed by atoms with Crippen molar-refractivity contribution in [1.29, 1.82) is 0 Å². The Bertz CT molecular complexity index is 3480. The molecule has 0 aliphatic carbocycles. The lowest BCUT2D eigenvalue weighted by Crippen LogP contribution is -2.39. The molecule has 0 spiro atoms. The molecule has 0 unspecified atom stereocenters. The maximum atomic E-state index is 13.1. The second-order valence-electron chi connectivity index (χ2n) is 22.0. The molecule has 8 heterocycles. The number of aromatic nitrogens is 4. The van der Waals surface area contributed by atoms with Gasteiger partial charge in [-0.1, -0.05) is 40.5 Å². The minimum atomic E-state index is -0.569. The van der Waals surface area contributed by atoms with Crippen molar-refractivity contribution >= 4 is 107 Å². The van der Waals surface area contributed by atoms with Crippen LogP contribution in [0.5, 0.6) is 0 Å². The van der Waals surface area contributed by atoms with Crippen LogP contribution in [0.1, 0.15) is 138 Å². The van der Waals surface area contributed by atoms with Crippen molar-refractivity contribution < 1.29 is 28.7 Å². The molecule has 3 amide bonds. The third-order valence-electron chi connectivity index (χ3n) is 13.5. The van der Waals surface area contributed by atoms with E-state index in [9.17, 15) is 24.0 Å². The molecular weight excluding hydrogens is 1070 g/mol. The molecule has 6 aromatic heterocycles. The molecule has 3 N–H and O–H groups in total. The molecule has 0 fully saturated rings. The van der Waals surface area contributed by atoms with E-state index in [0.717, 1.165) is 107 Å². The Balaban J connectivity index is 0.000000195. The number of anilines is 2. The zero-order chi connectivity index (χ0) is 55.8. The van der Waals surface area contributed by atoms with Crippen LogP contribution in [0.4, 0.5) is 16.2 Å². The zero-order valence-corrected chi connectivity index (χ0v) is 49.2. The predicted octanol–water partition coefficient (Wildman–Crippen LogP) is 14.2. The number of carbonyl (C=O) groups excluding carboxylic acids is 5. The Hall–Kier alpha value is -6.57. The van der Waals surface area contributed by atoms with Crippen LogP contribution < -0.4 is 16.0 Å². The van der Waals surface area contributed by atoms with Crippen LogP contribution in [-0.4, -0.2) is 73.0 Å². The monoisotopic (exact) mass is 1140 g/mol. The fourth-order valence-corrected chi connectivity index (χ4v) is 14.6. The molecule has 0 radical (unpaired) electrons. The number of carbonyl (C=O) groups is 5. The number of thiazole rings is 2. The summed E-state index contributed by atoms with van der Waals surface area (Å²) in [4.78, 5) is 88.9. The molecule has 0 atom stereocenters. The van der Waals surface area contributed by atoms with Crippen molar-refractivity contribution in [2.45, 2.75) is 131 Å². The van der Waals surface area contributed by atoms with E-state index in [1.54, 1.807) is 105 Å². The van der Waals surface area contributed by atoms with Crippen molar-refractivity contribution in [2.24, 2.45) is 11.8 Å². The van der Waals surface area contributed by atoms with Gasteiger partial charge in [-0.2, -0.15) is 0 Å². The quantitative estimate of drug-likeness (QED) is 0.0742. The summed E-state index contributed by atoms with van der Waals surface area (Å²) in [5.41, 5.74) is 7.97. The van der Waals surface area contributed by atoms with Gasteiger partial charge in [-0.15, -0.1) is 45.3 Å². The highest BCUT2D eigenvalue weighted by molar-refractivity contribution is 7.22. The third-order valence-corrected chi connectivity index (χ3v) is 18.1. The largest absolute Gasteiger partial charge is 0.444 e. The summed E-state index contributed by atoms with van der Waals surface area (Å²) in [7, 11) is 0. The molecular formula is C61H68N8O6S4. The summed E-state index contributed by atoms with van der Waals surface area (Å²) in [6.07, 6.45) is 13.8. The maximum absolute atomic E-state index is 13.1. The first-order chi connectivity index (χ1) is 37.9. The van der Waals surface area contributed by atoms with E-state index in [1.165, 1.54) is 10.4 Å². The molecule has 0 saturated heterocycles. The lowest BCUT2D eigenvalue weighted by atomic mass is 9.99. The highest BCUT2D eigenvalue weighted by atomic mass is 32.1. The van der Waals surface area contributed by atoms with Gasteiger partial charge in [-0.05, 0) is 137 Å². The van der Waals surface area contributed by atoms with Gasteiger partial charge < -0.3 is 25.6 Å². The molecule has 8 aromatic rings. The minimum absolute atomic E-state index is 0.189. The number of hydrogen-bond donors (Lipinski definition) is 3. The van der Waals surface area contributed by atoms with E-state index in [0.29, 0.717) is 85.3 Å². The van der Waals surface area contributed by atoms with Gasteiger partial charge in [-0.3, -0.25) is 29.1 Å². The summed E-state index contributed by atoms with van der Waals surface area (Å²) in [6.45, 7) is 17.1. The molecule has 2 aliphatic heterocycles. The number of rotatable bonds is 18. The molecule has 79 heavy (non-hydrogen) atoms. The van der Waals surface area contributed by atoms with Crippen molar-refractivity contribution in [3.63, 3.8) is 0 Å². The maximum Gasteiger partial charge on any atom is 0.410 e. The number of amides is 3. The number of nitrogens with zero attached hydrogens (tertiary/aromatic N) is 5. The number of Topliss-reactive ketones (excluding diaryl/α,β-unsaturated/α-hetero) is 2. The Morgan fingerprint density at radius 3 is 1.66 bits per heavy atom. The third kappa shape index (κ3) is 14.8. The van der Waals surface area contributed by atoms with Crippen LogP contribution in [0, 0.1) is 11.8 Å². The van der Waals surface area contributed by atoms with Crippen LogP contribution in [0.15, 0.2) is 85.5 Å². The average Bonchev–Trinajstić information content (AvgIpc) is 4.27. The van der Waals surface area contributed by atoms with Crippen LogP contribution >= 0.6 is 45.3 Å². The fraction of sp³-hybridized carbons (Fsp3) is 0.393. The van der Waals surface area contributed by atoms with Crippen LogP contribution in [0.2, 0.25) is 0 Å². The topological polar surface area (TPSA) is 185 Å². The van der Waals surface area contributed by atoms with Crippen molar-refractivity contribution in [1.82, 2.24) is 30.2 Å². The first-order valence-corrected chi connectivity index (χ1v) is 30.4. The van der Waals surface area contributed by atoms with E-state index < -0.39 is 5.60 Å². The highest BCUT2D eigenvalue weighted by Gasteiger charge is 2.32. The van der Waals surface area contributed by atoms with Crippen molar-refractivity contribution in [2.75, 3.05) is 23.7 Å². The predicted molar refractivity (Wildman–Crippen MR) is 321 cm³/mol. The standard InChI is InChI=1S/C33H38N4O4S2.C28H30N4O2S2/c1-20(2)8-6-10-23(38)17-27-29(24-13-15-37(19-28(24)42-27)32(40)41-33(3,4)5)31-36-25-16-21(11-12-26(25)43-31)30(39)35-22-9-7-14-34-18-22;1-17(2)5-3-7-20(33)14-24-26(21-10-12-30-16-25(21)35-24)28-32-22-13-18(8-9-23(22)36-28)27(34)31-19-6-4-11-29-15-19/h7,9,11-12,14,16,18,20H,6,8,10,13,15,17,19H2,1-5H3,(H,35,39);4,6,8-9,11,13,15,17,30H,3,5,7,10,12,14,16H2,1-2H3,(H,31,34). The van der Waals surface area contributed by atoms with E-state index in [1.807, 2.05) is 51.1 Å². The SMILES string of the molecule is CC(C)CCCC(=O)Cc1sc2c(c1-c1nc3cc(C(=O)Nc4cccnc4)ccc3s1)CCN(C(=O)OC(C)(C)C)C2.CC(C)CCCC(=O)Cc1sc2c(c1-c1nc3cc(C(=O)Nc4cccnc4)ccc3s1)CCNC2. The van der Waals surface area contributed by atoms with Gasteiger partial charge in [0, 0.05) is 92.9 Å². The first-order valence-electron chi connectivity index (χ1n) is 27.2. The van der Waals surface area contributed by atoms with E-state index in [2.05, 4.69) is 53.6 Å². The molecule has 412 valence electrons. The lowest BCUT2D eigenvalue weighted by molar-refractivity contribution is -0.119. The normalized spacial score (nSPS) is 13.3. The number of hydrogen-bond acceptors (Lipinski definition) is 15. The Morgan fingerprint density at radius 2 is 1.18 bits per heavy atom. The molecule has 0 saturated carbocycles. The lowest BCUT2D eigenvalue weighted by Gasteiger charge is -2.30. The van der Waals surface area contributed by atoms with Crippen molar-refractivity contribution in [3.05, 3.63) is 127 Å². The number of ketones is 2. The Kier molecular flexibility index (Phi) is 18.6. The number of pyridine rings is 2. The first kappa shape index (κ1) is 57.1. The van der Waals surface area contributed by atoms with Crippen LogP contribution in [0.25, 0.3) is 41.6 Å². The molecule has 14 nitrogen and oxygen atoms in total. The summed E-state index contributed by atoms with van der Waals surface area (Å²) >= 11 is 6.57. The van der Waals surface area contributed by atoms with Gasteiger partial charge in [0.05, 0.1) is 50.7 Å². The van der Waals surface area contributed by atoms with Crippen molar-refractivity contribution in [3.8, 4) is 21.1 Å². The molecule has 18 heteroatoms. The average molecular weight is 1140 g/mol. The second-order valence-corrected chi connectivity index (χ2v) is 26.4. The van der Waals surface area contributed by atoms with Gasteiger partial charge in [-0.25, -0.2) is 14.8 Å². The number of ether oxygens (including phenoxy) is 1. The summed E-state index contributed by atoms with van der Waals surface area (Å²) in [5, 5.41) is 11.0. The van der Waals surface area contributed by atoms with Gasteiger partial charge in [0.1, 0.15) is 27.2 Å². The van der Waals surface area contributed by atoms with Gasteiger partial charge >= 0.3 is 6.09 Å². The number of fused-ring (bicyclic) bond motifs is 4. The summed E-state index contributed by atoms with van der Waals surface area (Å²) in [6, 6.07) is 18.3. The van der Waals surface area contributed by atoms with E-state index in [-0.39, 0.29) is 23.7 Å². The fourth-order valence-electron chi connectivity index (χ4n) is 9.66. The Morgan fingerprint density at radius 1 is 0.671 bits per heavy atom. The minimum Gasteiger partial charge on any atom is -0.444 e. The van der Waals surface area contributed by atoms with E-state index in [4.69, 9.17) is 14.7 Å². The van der Waals surface area contributed by atoms with Crippen LogP contribution in [-0.2, 0) is 53.1 Å². The molecule has 2 aliphatic rings. The smallest absolute Gasteiger partial charge is 0.410 e. The highest BCUT2D eigenvalue weighted by Crippen LogP contribution is 2.45. The zero-order valence-electron chi connectivity index (χ0n) is 46.0. The molecule has 2 aromatic carbocycles. The molecule has 10 rings (SSSR count). The number of benzene rings is 2. The molecule has 0 bridgehead atoms. The van der Waals surface area contributed by atoms with E-state index >= 15 is 0 Å².